The van der Waals surface area contributed by atoms with Gasteiger partial charge in [-0.05, 0) is 31.2 Å². The number of benzene rings is 1. The van der Waals surface area contributed by atoms with Gasteiger partial charge in [-0.3, -0.25) is 4.79 Å². The summed E-state index contributed by atoms with van der Waals surface area (Å²) in [5.74, 6) is 0.162. The van der Waals surface area contributed by atoms with E-state index >= 15 is 0 Å². The summed E-state index contributed by atoms with van der Waals surface area (Å²) in [4.78, 5) is 14.5. The molecule has 21 heavy (non-hydrogen) atoms. The zero-order chi connectivity index (χ0) is 15.3. The van der Waals surface area contributed by atoms with Crippen LogP contribution in [0, 0.1) is 5.41 Å². The predicted molar refractivity (Wildman–Crippen MR) is 84.9 cm³/mol. The van der Waals surface area contributed by atoms with E-state index in [1.807, 2.05) is 30.0 Å². The summed E-state index contributed by atoms with van der Waals surface area (Å²) in [5.41, 5.74) is 0.903. The van der Waals surface area contributed by atoms with E-state index in [4.69, 9.17) is 0 Å². The smallest absolute Gasteiger partial charge is 0.229 e. The third kappa shape index (κ3) is 3.53. The zero-order valence-corrected chi connectivity index (χ0v) is 12.8. The number of aliphatic hydroxyl groups excluding tert-OH is 1. The van der Waals surface area contributed by atoms with Crippen LogP contribution >= 0.6 is 0 Å². The van der Waals surface area contributed by atoms with Gasteiger partial charge < -0.3 is 10.0 Å². The van der Waals surface area contributed by atoms with E-state index in [1.54, 1.807) is 6.08 Å². The highest BCUT2D eigenvalue weighted by molar-refractivity contribution is 5.85. The lowest BCUT2D eigenvalue weighted by Crippen LogP contribution is -2.38. The monoisotopic (exact) mass is 287 g/mol. The van der Waals surface area contributed by atoms with Crippen LogP contribution < -0.4 is 0 Å². The highest BCUT2D eigenvalue weighted by atomic mass is 16.3. The van der Waals surface area contributed by atoms with Crippen LogP contribution in [0.15, 0.2) is 43.0 Å². The molecule has 3 nitrogen and oxygen atoms in total. The first-order valence-corrected chi connectivity index (χ1v) is 7.67. The van der Waals surface area contributed by atoms with Crippen molar-refractivity contribution in [1.29, 1.82) is 0 Å². The average molecular weight is 287 g/mol. The molecule has 1 N–H and O–H groups in total. The van der Waals surface area contributed by atoms with Crippen LogP contribution in [-0.4, -0.2) is 35.1 Å². The third-order valence-corrected chi connectivity index (χ3v) is 4.42. The zero-order valence-electron chi connectivity index (χ0n) is 12.8. The number of nitrogens with zero attached hydrogens (tertiary/aromatic N) is 1. The minimum Gasteiger partial charge on any atom is -0.394 e. The van der Waals surface area contributed by atoms with Gasteiger partial charge in [0.1, 0.15) is 0 Å². The Kier molecular flexibility index (Phi) is 5.18. The number of amides is 1. The van der Waals surface area contributed by atoms with Crippen LogP contribution in [0.3, 0.4) is 0 Å². The van der Waals surface area contributed by atoms with Gasteiger partial charge in [0.25, 0.3) is 0 Å². The van der Waals surface area contributed by atoms with E-state index in [-0.39, 0.29) is 24.0 Å². The molecule has 0 aliphatic carbocycles. The molecule has 1 amide bonds. The summed E-state index contributed by atoms with van der Waals surface area (Å²) >= 11 is 0. The molecule has 0 bridgehead atoms. The average Bonchev–Trinajstić information content (AvgIpc) is 2.73. The van der Waals surface area contributed by atoms with Crippen molar-refractivity contribution >= 4 is 5.91 Å². The standard InChI is InChI=1S/C18H25NO2/c1-3-11-18(2)13-16(14-20)19(17(18)21)12-7-10-15-8-5-4-6-9-15/h3-6,8-9,16,20H,1,7,10-14H2,2H3. The molecule has 1 fully saturated rings. The van der Waals surface area contributed by atoms with Crippen LogP contribution in [0.25, 0.3) is 0 Å². The molecule has 0 radical (unpaired) electrons. The second-order valence-electron chi connectivity index (χ2n) is 6.18. The lowest BCUT2D eigenvalue weighted by Gasteiger charge is -2.24. The quantitative estimate of drug-likeness (QED) is 0.783. The van der Waals surface area contributed by atoms with Crippen molar-refractivity contribution in [2.45, 2.75) is 38.6 Å². The first-order valence-electron chi connectivity index (χ1n) is 7.67. The minimum atomic E-state index is -0.387. The summed E-state index contributed by atoms with van der Waals surface area (Å²) in [5, 5.41) is 9.55. The van der Waals surface area contributed by atoms with E-state index < -0.39 is 0 Å². The van der Waals surface area contributed by atoms with Gasteiger partial charge in [0.05, 0.1) is 18.1 Å². The van der Waals surface area contributed by atoms with Crippen LogP contribution in [-0.2, 0) is 11.2 Å². The molecule has 2 rings (SSSR count). The van der Waals surface area contributed by atoms with Crippen LogP contribution in [0.1, 0.15) is 31.7 Å². The summed E-state index contributed by atoms with van der Waals surface area (Å²) in [6.45, 7) is 6.49. The lowest BCUT2D eigenvalue weighted by atomic mass is 9.84. The SMILES string of the molecule is C=CCC1(C)CC(CO)N(CCCc2ccccc2)C1=O. The molecule has 1 aliphatic heterocycles. The second kappa shape index (κ2) is 6.90. The normalized spacial score (nSPS) is 25.3. The number of rotatable bonds is 7. The molecule has 1 aromatic carbocycles. The van der Waals surface area contributed by atoms with Crippen molar-refractivity contribution in [1.82, 2.24) is 4.90 Å². The Hall–Kier alpha value is -1.61. The Morgan fingerprint density at radius 2 is 2.14 bits per heavy atom. The molecule has 0 saturated carbocycles. The molecule has 2 atom stereocenters. The van der Waals surface area contributed by atoms with Gasteiger partial charge in [-0.25, -0.2) is 0 Å². The van der Waals surface area contributed by atoms with Crippen molar-refractivity contribution in [3.63, 3.8) is 0 Å². The van der Waals surface area contributed by atoms with Crippen LogP contribution in [0.2, 0.25) is 0 Å². The maximum absolute atomic E-state index is 12.6. The lowest BCUT2D eigenvalue weighted by molar-refractivity contribution is -0.136. The molecule has 0 aromatic heterocycles. The Labute approximate surface area is 127 Å². The summed E-state index contributed by atoms with van der Waals surface area (Å²) in [6, 6.07) is 10.3. The molecule has 1 saturated heterocycles. The van der Waals surface area contributed by atoms with Gasteiger partial charge >= 0.3 is 0 Å². The van der Waals surface area contributed by atoms with Crippen molar-refractivity contribution in [3.8, 4) is 0 Å². The Morgan fingerprint density at radius 1 is 1.43 bits per heavy atom. The molecule has 1 aromatic rings. The number of carbonyl (C=O) groups is 1. The van der Waals surface area contributed by atoms with Crippen molar-refractivity contribution in [3.05, 3.63) is 48.6 Å². The van der Waals surface area contributed by atoms with Crippen LogP contribution in [0.4, 0.5) is 0 Å². The number of hydrogen-bond donors (Lipinski definition) is 1. The number of aryl methyl sites for hydroxylation is 1. The molecule has 3 heteroatoms. The molecular weight excluding hydrogens is 262 g/mol. The van der Waals surface area contributed by atoms with Crippen LogP contribution in [0.5, 0.6) is 0 Å². The molecular formula is C18H25NO2. The first kappa shape index (κ1) is 15.8. The second-order valence-corrected chi connectivity index (χ2v) is 6.18. The van der Waals surface area contributed by atoms with Crippen molar-refractivity contribution in [2.24, 2.45) is 5.41 Å². The fourth-order valence-electron chi connectivity index (χ4n) is 3.26. The largest absolute Gasteiger partial charge is 0.394 e. The molecule has 2 unspecified atom stereocenters. The Balaban J connectivity index is 1.95. The maximum Gasteiger partial charge on any atom is 0.229 e. The van der Waals surface area contributed by atoms with Gasteiger partial charge in [0.2, 0.25) is 5.91 Å². The first-order chi connectivity index (χ1) is 10.1. The van der Waals surface area contributed by atoms with Gasteiger partial charge in [-0.1, -0.05) is 43.3 Å². The van der Waals surface area contributed by atoms with Crippen molar-refractivity contribution < 1.29 is 9.90 Å². The molecule has 1 aliphatic rings. The maximum atomic E-state index is 12.6. The van der Waals surface area contributed by atoms with Gasteiger partial charge in [0, 0.05) is 6.54 Å². The van der Waals surface area contributed by atoms with E-state index in [1.165, 1.54) is 5.56 Å². The van der Waals surface area contributed by atoms with Gasteiger partial charge in [0.15, 0.2) is 0 Å². The summed E-state index contributed by atoms with van der Waals surface area (Å²) < 4.78 is 0. The predicted octanol–water partition coefficient (Wildman–Crippen LogP) is 2.79. The van der Waals surface area contributed by atoms with E-state index in [0.717, 1.165) is 19.3 Å². The topological polar surface area (TPSA) is 40.5 Å². The minimum absolute atomic E-state index is 0.0433. The number of allylic oxidation sites excluding steroid dienone is 1. The molecule has 114 valence electrons. The number of carbonyl (C=O) groups excluding carboxylic acids is 1. The van der Waals surface area contributed by atoms with E-state index in [2.05, 4.69) is 18.7 Å². The van der Waals surface area contributed by atoms with E-state index in [9.17, 15) is 9.90 Å². The number of hydrogen-bond acceptors (Lipinski definition) is 2. The van der Waals surface area contributed by atoms with Crippen molar-refractivity contribution in [2.75, 3.05) is 13.2 Å². The van der Waals surface area contributed by atoms with Gasteiger partial charge in [-0.2, -0.15) is 0 Å². The fraction of sp³-hybridized carbons (Fsp3) is 0.500. The highest BCUT2D eigenvalue weighted by Gasteiger charge is 2.46. The van der Waals surface area contributed by atoms with Gasteiger partial charge in [-0.15, -0.1) is 6.58 Å². The summed E-state index contributed by atoms with van der Waals surface area (Å²) in [7, 11) is 0. The molecule has 1 heterocycles. The van der Waals surface area contributed by atoms with E-state index in [0.29, 0.717) is 13.0 Å². The fourth-order valence-corrected chi connectivity index (χ4v) is 3.26. The highest BCUT2D eigenvalue weighted by Crippen LogP contribution is 2.39. The summed E-state index contributed by atoms with van der Waals surface area (Å²) in [6.07, 6.45) is 5.09. The molecule has 0 spiro atoms. The number of likely N-dealkylation sites (tertiary alicyclic amines) is 1. The third-order valence-electron chi connectivity index (χ3n) is 4.42. The Morgan fingerprint density at radius 3 is 2.76 bits per heavy atom. The number of aliphatic hydroxyl groups is 1. The Bertz CT molecular complexity index is 485.